The molecule has 3 rings (SSSR count). The van der Waals surface area contributed by atoms with Crippen LogP contribution in [-0.2, 0) is 9.59 Å². The Bertz CT molecular complexity index is 1060. The summed E-state index contributed by atoms with van der Waals surface area (Å²) >= 11 is 0. The number of amides is 2. The number of piperazine rings is 1. The molecule has 0 saturated carbocycles. The molecule has 172 valence electrons. The van der Waals surface area contributed by atoms with Crippen molar-refractivity contribution in [3.05, 3.63) is 77.4 Å². The van der Waals surface area contributed by atoms with Crippen molar-refractivity contribution in [2.24, 2.45) is 0 Å². The van der Waals surface area contributed by atoms with E-state index in [1.807, 2.05) is 53.4 Å². The van der Waals surface area contributed by atoms with E-state index in [4.69, 9.17) is 5.21 Å². The van der Waals surface area contributed by atoms with Crippen molar-refractivity contribution < 1.29 is 19.6 Å². The van der Waals surface area contributed by atoms with Gasteiger partial charge in [0.15, 0.2) is 5.78 Å². The number of nitrogens with one attached hydrogen (secondary N) is 1. The van der Waals surface area contributed by atoms with E-state index in [-0.39, 0.29) is 23.8 Å². The van der Waals surface area contributed by atoms with Crippen LogP contribution < -0.4 is 10.4 Å². The average molecular weight is 448 g/mol. The molecule has 2 amide bonds. The summed E-state index contributed by atoms with van der Waals surface area (Å²) in [5.74, 6) is -0.621. The number of allylic oxidation sites excluding steroid dienone is 1. The lowest BCUT2D eigenvalue weighted by Gasteiger charge is -2.45. The van der Waals surface area contributed by atoms with Crippen molar-refractivity contribution in [2.75, 3.05) is 18.0 Å². The van der Waals surface area contributed by atoms with Gasteiger partial charge in [-0.25, -0.2) is 5.48 Å². The van der Waals surface area contributed by atoms with E-state index in [0.717, 1.165) is 29.9 Å². The Labute approximate surface area is 194 Å². The number of hydrogen-bond donors (Lipinski definition) is 2. The number of hydroxylamine groups is 1. The number of nitrogens with zero attached hydrogens (tertiary/aromatic N) is 2. The van der Waals surface area contributed by atoms with Crippen LogP contribution >= 0.6 is 0 Å². The monoisotopic (exact) mass is 447 g/mol. The first-order valence-corrected chi connectivity index (χ1v) is 10.9. The van der Waals surface area contributed by atoms with Crippen LogP contribution in [-0.4, -0.2) is 52.9 Å². The van der Waals surface area contributed by atoms with Crippen LogP contribution in [0.2, 0.25) is 0 Å². The Balaban J connectivity index is 1.65. The van der Waals surface area contributed by atoms with Gasteiger partial charge >= 0.3 is 0 Å². The number of carbonyl (C=O) groups excluding carboxylic acids is 3. The molecule has 0 bridgehead atoms. The third-order valence-electron chi connectivity index (χ3n) is 5.67. The summed E-state index contributed by atoms with van der Waals surface area (Å²) in [6, 6.07) is 15.1. The first-order chi connectivity index (χ1) is 15.8. The molecular weight excluding hydrogens is 418 g/mol. The van der Waals surface area contributed by atoms with Crippen molar-refractivity contribution in [1.29, 1.82) is 0 Å². The molecule has 2 aromatic carbocycles. The lowest BCUT2D eigenvalue weighted by atomic mass is 10.0. The van der Waals surface area contributed by atoms with Gasteiger partial charge in [0.05, 0.1) is 0 Å². The number of anilines is 1. The van der Waals surface area contributed by atoms with E-state index in [1.54, 1.807) is 24.6 Å². The molecule has 2 aromatic rings. The predicted molar refractivity (Wildman–Crippen MR) is 129 cm³/mol. The summed E-state index contributed by atoms with van der Waals surface area (Å²) in [4.78, 5) is 39.8. The lowest BCUT2D eigenvalue weighted by Crippen LogP contribution is -2.58. The minimum Gasteiger partial charge on any atom is -0.367 e. The zero-order valence-corrected chi connectivity index (χ0v) is 19.1. The molecule has 0 spiro atoms. The Morgan fingerprint density at radius 1 is 0.939 bits per heavy atom. The predicted octanol–water partition coefficient (Wildman–Crippen LogP) is 3.55. The topological polar surface area (TPSA) is 90.0 Å². The molecule has 1 aliphatic rings. The normalized spacial score (nSPS) is 18.7. The molecule has 2 atom stereocenters. The van der Waals surface area contributed by atoms with Crippen LogP contribution in [0.25, 0.3) is 12.2 Å². The maximum Gasteiger partial charge on any atom is 0.267 e. The standard InChI is InChI=1S/C26H29N3O4/c1-18-16-28(17-19(2)29(18)20(3)30)24-11-9-23(10-12-24)25(31)13-7-21-5-4-6-22(15-21)8-14-26(32)27-33/h4-15,18-19,33H,16-17H2,1-3H3,(H,27,32)/t18-,19+. The Morgan fingerprint density at radius 3 is 2.06 bits per heavy atom. The summed E-state index contributed by atoms with van der Waals surface area (Å²) in [6.07, 6.45) is 6.04. The van der Waals surface area contributed by atoms with E-state index in [9.17, 15) is 14.4 Å². The highest BCUT2D eigenvalue weighted by Gasteiger charge is 2.31. The van der Waals surface area contributed by atoms with Crippen LogP contribution in [0, 0.1) is 0 Å². The quantitative estimate of drug-likeness (QED) is 0.306. The van der Waals surface area contributed by atoms with Crippen LogP contribution in [0.15, 0.2) is 60.7 Å². The fourth-order valence-corrected chi connectivity index (χ4v) is 4.23. The molecular formula is C26H29N3O4. The lowest BCUT2D eigenvalue weighted by molar-refractivity contribution is -0.133. The van der Waals surface area contributed by atoms with Crippen LogP contribution in [0.5, 0.6) is 0 Å². The molecule has 0 aliphatic carbocycles. The summed E-state index contributed by atoms with van der Waals surface area (Å²) in [7, 11) is 0. The van der Waals surface area contributed by atoms with Gasteiger partial charge in [0.1, 0.15) is 0 Å². The highest BCUT2D eigenvalue weighted by atomic mass is 16.5. The smallest absolute Gasteiger partial charge is 0.267 e. The molecule has 0 aromatic heterocycles. The summed E-state index contributed by atoms with van der Waals surface area (Å²) < 4.78 is 0. The molecule has 0 radical (unpaired) electrons. The molecule has 0 unspecified atom stereocenters. The molecule has 2 N–H and O–H groups in total. The molecule has 7 heteroatoms. The van der Waals surface area contributed by atoms with Gasteiger partial charge in [-0.05, 0) is 67.5 Å². The fourth-order valence-electron chi connectivity index (χ4n) is 4.23. The second-order valence-electron chi connectivity index (χ2n) is 8.25. The highest BCUT2D eigenvalue weighted by molar-refractivity contribution is 6.07. The number of benzene rings is 2. The Kier molecular flexibility index (Phi) is 7.79. The van der Waals surface area contributed by atoms with Crippen LogP contribution in [0.3, 0.4) is 0 Å². The SMILES string of the molecule is CC(=O)N1[C@H](C)CN(c2ccc(C(=O)C=Cc3cccc(C=CC(=O)NO)c3)cc2)C[C@@H]1C. The van der Waals surface area contributed by atoms with E-state index in [0.29, 0.717) is 5.56 Å². The zero-order valence-electron chi connectivity index (χ0n) is 19.1. The van der Waals surface area contributed by atoms with Gasteiger partial charge in [0.25, 0.3) is 5.91 Å². The molecule has 33 heavy (non-hydrogen) atoms. The van der Waals surface area contributed by atoms with Gasteiger partial charge in [0.2, 0.25) is 5.91 Å². The van der Waals surface area contributed by atoms with E-state index in [1.165, 1.54) is 12.2 Å². The molecule has 1 fully saturated rings. The van der Waals surface area contributed by atoms with Gasteiger partial charge in [-0.15, -0.1) is 0 Å². The van der Waals surface area contributed by atoms with Crippen molar-refractivity contribution in [2.45, 2.75) is 32.9 Å². The van der Waals surface area contributed by atoms with Gasteiger partial charge in [-0.2, -0.15) is 0 Å². The van der Waals surface area contributed by atoms with Crippen molar-refractivity contribution >= 4 is 35.4 Å². The van der Waals surface area contributed by atoms with E-state index >= 15 is 0 Å². The molecule has 1 saturated heterocycles. The Hall–Kier alpha value is -3.71. The van der Waals surface area contributed by atoms with E-state index < -0.39 is 5.91 Å². The van der Waals surface area contributed by atoms with Gasteiger partial charge < -0.3 is 9.80 Å². The first kappa shape index (κ1) is 23.9. The van der Waals surface area contributed by atoms with Crippen LogP contribution in [0.4, 0.5) is 5.69 Å². The minimum atomic E-state index is -0.612. The molecule has 1 heterocycles. The average Bonchev–Trinajstić information content (AvgIpc) is 2.80. The van der Waals surface area contributed by atoms with Gasteiger partial charge in [-0.1, -0.05) is 24.3 Å². The van der Waals surface area contributed by atoms with Crippen LogP contribution in [0.1, 0.15) is 42.3 Å². The first-order valence-electron chi connectivity index (χ1n) is 10.9. The van der Waals surface area contributed by atoms with Gasteiger partial charge in [-0.3, -0.25) is 19.6 Å². The number of carbonyl (C=O) groups is 3. The number of ketones is 1. The third kappa shape index (κ3) is 6.17. The number of rotatable bonds is 6. The summed E-state index contributed by atoms with van der Waals surface area (Å²) in [6.45, 7) is 7.22. The maximum absolute atomic E-state index is 12.6. The summed E-state index contributed by atoms with van der Waals surface area (Å²) in [5.41, 5.74) is 4.75. The second-order valence-corrected chi connectivity index (χ2v) is 8.25. The summed E-state index contributed by atoms with van der Waals surface area (Å²) in [5, 5.41) is 8.55. The minimum absolute atomic E-state index is 0.0968. The van der Waals surface area contributed by atoms with E-state index in [2.05, 4.69) is 18.7 Å². The third-order valence-corrected chi connectivity index (χ3v) is 5.67. The van der Waals surface area contributed by atoms with Crippen molar-refractivity contribution in [3.63, 3.8) is 0 Å². The largest absolute Gasteiger partial charge is 0.367 e. The second kappa shape index (κ2) is 10.7. The number of hydrogen-bond acceptors (Lipinski definition) is 5. The van der Waals surface area contributed by atoms with Gasteiger partial charge in [0, 0.05) is 49.4 Å². The molecule has 7 nitrogen and oxygen atoms in total. The van der Waals surface area contributed by atoms with Crippen molar-refractivity contribution in [3.8, 4) is 0 Å². The maximum atomic E-state index is 12.6. The highest BCUT2D eigenvalue weighted by Crippen LogP contribution is 2.23. The zero-order chi connectivity index (χ0) is 24.0. The fraction of sp³-hybridized carbons (Fsp3) is 0.269. The molecule has 1 aliphatic heterocycles. The Morgan fingerprint density at radius 2 is 1.52 bits per heavy atom. The van der Waals surface area contributed by atoms with Crippen molar-refractivity contribution in [1.82, 2.24) is 10.4 Å².